The third kappa shape index (κ3) is 7.25. The van der Waals surface area contributed by atoms with Gasteiger partial charge in [-0.05, 0) is 67.6 Å². The Morgan fingerprint density at radius 2 is 1.78 bits per heavy atom. The molecule has 3 aromatic rings. The number of halogens is 2. The lowest BCUT2D eigenvalue weighted by molar-refractivity contribution is -0.134. The van der Waals surface area contributed by atoms with Crippen LogP contribution in [-0.4, -0.2) is 48.0 Å². The van der Waals surface area contributed by atoms with Crippen LogP contribution in [-0.2, 0) is 11.3 Å². The first-order chi connectivity index (χ1) is 17.8. The van der Waals surface area contributed by atoms with E-state index in [9.17, 15) is 18.4 Å². The highest BCUT2D eigenvalue weighted by Crippen LogP contribution is 2.30. The van der Waals surface area contributed by atoms with Crippen LogP contribution in [0.3, 0.4) is 0 Å². The lowest BCUT2D eigenvalue weighted by atomic mass is 9.97. The van der Waals surface area contributed by atoms with Crippen molar-refractivity contribution >= 4 is 23.2 Å². The van der Waals surface area contributed by atoms with Crippen LogP contribution in [0, 0.1) is 13.8 Å². The molecular weight excluding hydrogens is 500 g/mol. The first kappa shape index (κ1) is 26.5. The Morgan fingerprint density at radius 1 is 1.08 bits per heavy atom. The molecule has 0 radical (unpaired) electrons. The lowest BCUT2D eigenvalue weighted by Gasteiger charge is -2.31. The van der Waals surface area contributed by atoms with Gasteiger partial charge in [0.05, 0.1) is 5.01 Å². The molecule has 7 nitrogen and oxygen atoms in total. The second-order valence-electron chi connectivity index (χ2n) is 8.97. The summed E-state index contributed by atoms with van der Waals surface area (Å²) in [5, 5.41) is 5.42. The number of benzene rings is 2. The van der Waals surface area contributed by atoms with Crippen LogP contribution >= 0.6 is 11.3 Å². The van der Waals surface area contributed by atoms with Crippen molar-refractivity contribution in [3.05, 3.63) is 75.2 Å². The summed E-state index contributed by atoms with van der Waals surface area (Å²) in [4.78, 5) is 31.5. The van der Waals surface area contributed by atoms with Crippen LogP contribution < -0.4 is 14.8 Å². The number of carbonyl (C=O) groups excluding carboxylic acids is 2. The molecule has 4 rings (SSSR count). The highest BCUT2D eigenvalue weighted by molar-refractivity contribution is 7.09. The van der Waals surface area contributed by atoms with Crippen LogP contribution in [0.4, 0.5) is 8.78 Å². The Morgan fingerprint density at radius 3 is 2.46 bits per heavy atom. The second-order valence-corrected chi connectivity index (χ2v) is 9.86. The molecule has 2 aromatic carbocycles. The average molecular weight is 530 g/mol. The monoisotopic (exact) mass is 529 g/mol. The van der Waals surface area contributed by atoms with Gasteiger partial charge >= 0.3 is 6.61 Å². The van der Waals surface area contributed by atoms with Gasteiger partial charge in [-0.3, -0.25) is 9.59 Å². The molecule has 1 aliphatic heterocycles. The number of thiazole rings is 1. The van der Waals surface area contributed by atoms with Crippen molar-refractivity contribution in [1.29, 1.82) is 0 Å². The number of nitrogens with zero attached hydrogens (tertiary/aromatic N) is 2. The van der Waals surface area contributed by atoms with Gasteiger partial charge in [0, 0.05) is 30.9 Å². The predicted molar refractivity (Wildman–Crippen MR) is 136 cm³/mol. The summed E-state index contributed by atoms with van der Waals surface area (Å²) in [5.41, 5.74) is 3.40. The average Bonchev–Trinajstić information content (AvgIpc) is 3.39. The summed E-state index contributed by atoms with van der Waals surface area (Å²) >= 11 is 1.45. The molecule has 0 saturated carbocycles. The zero-order chi connectivity index (χ0) is 26.4. The Bertz CT molecular complexity index is 1220. The molecule has 0 spiro atoms. The van der Waals surface area contributed by atoms with Crippen molar-refractivity contribution in [2.75, 3.05) is 19.7 Å². The van der Waals surface area contributed by atoms with Crippen LogP contribution in [0.2, 0.25) is 0 Å². The summed E-state index contributed by atoms with van der Waals surface area (Å²) in [7, 11) is 0. The Kier molecular flexibility index (Phi) is 8.70. The van der Waals surface area contributed by atoms with Gasteiger partial charge in [0.15, 0.2) is 6.61 Å². The van der Waals surface area contributed by atoms with E-state index in [0.29, 0.717) is 24.5 Å². The molecule has 2 heterocycles. The third-order valence-electron chi connectivity index (χ3n) is 6.39. The number of rotatable bonds is 9. The van der Waals surface area contributed by atoms with Crippen molar-refractivity contribution in [3.63, 3.8) is 0 Å². The van der Waals surface area contributed by atoms with E-state index in [-0.39, 0.29) is 36.6 Å². The summed E-state index contributed by atoms with van der Waals surface area (Å²) in [6, 6.07) is 11.9. The molecule has 2 amide bonds. The highest BCUT2D eigenvalue weighted by atomic mass is 32.1. The summed E-state index contributed by atoms with van der Waals surface area (Å²) < 4.78 is 34.5. The van der Waals surface area contributed by atoms with Gasteiger partial charge in [0.2, 0.25) is 0 Å². The van der Waals surface area contributed by atoms with Crippen molar-refractivity contribution in [1.82, 2.24) is 15.2 Å². The fourth-order valence-electron chi connectivity index (χ4n) is 4.06. The molecule has 10 heteroatoms. The highest BCUT2D eigenvalue weighted by Gasteiger charge is 2.26. The Balaban J connectivity index is 1.22. The minimum atomic E-state index is -2.88. The minimum Gasteiger partial charge on any atom is -0.484 e. The molecule has 1 saturated heterocycles. The van der Waals surface area contributed by atoms with E-state index in [1.54, 1.807) is 17.5 Å². The molecular formula is C27H29F2N3O4S. The number of nitrogens with one attached hydrogen (secondary N) is 1. The zero-order valence-electron chi connectivity index (χ0n) is 20.7. The summed E-state index contributed by atoms with van der Waals surface area (Å²) in [5.74, 6) is 0.614. The number of carbonyl (C=O) groups is 2. The number of hydrogen-bond acceptors (Lipinski definition) is 6. The molecule has 1 aromatic heterocycles. The first-order valence-electron chi connectivity index (χ1n) is 12.0. The molecule has 0 bridgehead atoms. The van der Waals surface area contributed by atoms with Crippen LogP contribution in [0.1, 0.15) is 50.9 Å². The standard InChI is InChI=1S/C27H29F2N3O4S/c1-17-3-6-22(13-18(17)2)35-15-24(33)32-11-9-20(10-12-32)26-31-23(16-37-26)25(34)30-14-19-4-7-21(8-5-19)36-27(28)29/h3-8,13,16,20,27H,9-12,14-15H2,1-2H3,(H,30,34). The van der Waals surface area contributed by atoms with E-state index in [1.807, 2.05) is 36.9 Å². The zero-order valence-corrected chi connectivity index (χ0v) is 21.5. The third-order valence-corrected chi connectivity index (χ3v) is 7.40. The number of aromatic nitrogens is 1. The molecule has 37 heavy (non-hydrogen) atoms. The van der Waals surface area contributed by atoms with Gasteiger partial charge in [-0.1, -0.05) is 18.2 Å². The smallest absolute Gasteiger partial charge is 0.387 e. The van der Waals surface area contributed by atoms with Crippen molar-refractivity contribution in [2.45, 2.75) is 45.8 Å². The quantitative estimate of drug-likeness (QED) is 0.418. The van der Waals surface area contributed by atoms with E-state index in [2.05, 4.69) is 15.0 Å². The molecule has 1 aliphatic rings. The van der Waals surface area contributed by atoms with E-state index in [0.717, 1.165) is 29.0 Å². The van der Waals surface area contributed by atoms with Crippen LogP contribution in [0.15, 0.2) is 47.8 Å². The lowest BCUT2D eigenvalue weighted by Crippen LogP contribution is -2.40. The number of piperidine rings is 1. The number of ether oxygens (including phenoxy) is 2. The van der Waals surface area contributed by atoms with Crippen LogP contribution in [0.5, 0.6) is 11.5 Å². The number of hydrogen-bond donors (Lipinski definition) is 1. The summed E-state index contributed by atoms with van der Waals surface area (Å²) in [6.45, 7) is 2.66. The van der Waals surface area contributed by atoms with E-state index in [1.165, 1.54) is 29.0 Å². The predicted octanol–water partition coefficient (Wildman–Crippen LogP) is 5.08. The van der Waals surface area contributed by atoms with Gasteiger partial charge < -0.3 is 19.7 Å². The molecule has 0 aliphatic carbocycles. The molecule has 1 fully saturated rings. The van der Waals surface area contributed by atoms with Crippen molar-refractivity contribution in [3.8, 4) is 11.5 Å². The van der Waals surface area contributed by atoms with E-state index < -0.39 is 6.61 Å². The minimum absolute atomic E-state index is 0.0106. The molecule has 0 atom stereocenters. The summed E-state index contributed by atoms with van der Waals surface area (Å²) in [6.07, 6.45) is 1.55. The number of alkyl halides is 2. The fourth-order valence-corrected chi connectivity index (χ4v) is 5.03. The molecule has 196 valence electrons. The maximum absolute atomic E-state index is 12.6. The second kappa shape index (κ2) is 12.1. The topological polar surface area (TPSA) is 80.8 Å². The normalized spacial score (nSPS) is 14.0. The Labute approximate surface area is 218 Å². The maximum atomic E-state index is 12.6. The SMILES string of the molecule is Cc1ccc(OCC(=O)N2CCC(c3nc(C(=O)NCc4ccc(OC(F)F)cc4)cs3)CC2)cc1C. The van der Waals surface area contributed by atoms with E-state index >= 15 is 0 Å². The largest absolute Gasteiger partial charge is 0.484 e. The maximum Gasteiger partial charge on any atom is 0.387 e. The van der Waals surface area contributed by atoms with Crippen LogP contribution in [0.25, 0.3) is 0 Å². The number of aryl methyl sites for hydroxylation is 2. The van der Waals surface area contributed by atoms with E-state index in [4.69, 9.17) is 4.74 Å². The number of amides is 2. The van der Waals surface area contributed by atoms with Gasteiger partial charge in [0.25, 0.3) is 11.8 Å². The van der Waals surface area contributed by atoms with Gasteiger partial charge in [0.1, 0.15) is 17.2 Å². The Hall–Kier alpha value is -3.53. The first-order valence-corrected chi connectivity index (χ1v) is 12.9. The van der Waals surface area contributed by atoms with Gasteiger partial charge in [-0.15, -0.1) is 11.3 Å². The van der Waals surface area contributed by atoms with Gasteiger partial charge in [-0.25, -0.2) is 4.98 Å². The van der Waals surface area contributed by atoms with Crippen molar-refractivity contribution < 1.29 is 27.8 Å². The number of likely N-dealkylation sites (tertiary alicyclic amines) is 1. The molecule has 0 unspecified atom stereocenters. The van der Waals surface area contributed by atoms with Gasteiger partial charge in [-0.2, -0.15) is 8.78 Å². The van der Waals surface area contributed by atoms with Crippen molar-refractivity contribution in [2.24, 2.45) is 0 Å². The molecule has 1 N–H and O–H groups in total. The fraction of sp³-hybridized carbons (Fsp3) is 0.370.